The summed E-state index contributed by atoms with van der Waals surface area (Å²) in [5.74, 6) is 0. The molecule has 98 valence electrons. The van der Waals surface area contributed by atoms with Gasteiger partial charge in [-0.1, -0.05) is 6.92 Å². The zero-order chi connectivity index (χ0) is 12.7. The first-order chi connectivity index (χ1) is 8.16. The Morgan fingerprint density at radius 1 is 1.59 bits per heavy atom. The van der Waals surface area contributed by atoms with Crippen molar-refractivity contribution in [2.24, 2.45) is 5.73 Å². The van der Waals surface area contributed by atoms with Gasteiger partial charge in [0.15, 0.2) is 5.67 Å². The first-order valence-electron chi connectivity index (χ1n) is 6.07. The van der Waals surface area contributed by atoms with Gasteiger partial charge in [-0.2, -0.15) is 5.10 Å². The Kier molecular flexibility index (Phi) is 5.58. The van der Waals surface area contributed by atoms with E-state index in [1.807, 2.05) is 0 Å². The molecule has 0 fully saturated rings. The van der Waals surface area contributed by atoms with Crippen LogP contribution in [0, 0.1) is 0 Å². The van der Waals surface area contributed by atoms with Gasteiger partial charge in [0, 0.05) is 25.4 Å². The van der Waals surface area contributed by atoms with E-state index < -0.39 is 5.67 Å². The number of nitrogens with zero attached hydrogens (tertiary/aromatic N) is 2. The number of rotatable bonds is 8. The molecule has 0 saturated heterocycles. The molecule has 0 saturated carbocycles. The van der Waals surface area contributed by atoms with E-state index in [-0.39, 0.29) is 6.61 Å². The van der Waals surface area contributed by atoms with Crippen molar-refractivity contribution in [1.29, 1.82) is 0 Å². The van der Waals surface area contributed by atoms with Crippen molar-refractivity contribution in [1.82, 2.24) is 9.78 Å². The van der Waals surface area contributed by atoms with Crippen LogP contribution in [-0.4, -0.2) is 30.0 Å². The second-order valence-electron chi connectivity index (χ2n) is 4.28. The van der Waals surface area contributed by atoms with Crippen molar-refractivity contribution in [3.63, 3.8) is 0 Å². The molecule has 0 aliphatic carbocycles. The van der Waals surface area contributed by atoms with Gasteiger partial charge in [-0.15, -0.1) is 0 Å². The normalized spacial score (nSPS) is 14.8. The third-order valence-corrected chi connectivity index (χ3v) is 2.75. The summed E-state index contributed by atoms with van der Waals surface area (Å²) in [6, 6.07) is 0. The molecule has 1 rings (SSSR count). The summed E-state index contributed by atoms with van der Waals surface area (Å²) < 4.78 is 21.5. The minimum Gasteiger partial charge on any atom is -0.381 e. The van der Waals surface area contributed by atoms with Crippen LogP contribution in [0.25, 0.3) is 0 Å². The second-order valence-corrected chi connectivity index (χ2v) is 4.28. The Morgan fingerprint density at radius 2 is 2.35 bits per heavy atom. The highest BCUT2D eigenvalue weighted by Crippen LogP contribution is 2.31. The number of nitrogens with two attached hydrogens (primary N) is 1. The number of aryl methyl sites for hydroxylation is 1. The van der Waals surface area contributed by atoms with E-state index in [1.165, 1.54) is 7.11 Å². The third-order valence-electron chi connectivity index (χ3n) is 2.75. The van der Waals surface area contributed by atoms with E-state index in [9.17, 15) is 4.39 Å². The average Bonchev–Trinajstić information content (AvgIpc) is 2.77. The molecular weight excluding hydrogens is 221 g/mol. The van der Waals surface area contributed by atoms with Gasteiger partial charge in [-0.25, -0.2) is 4.39 Å². The molecule has 1 unspecified atom stereocenters. The molecule has 5 heteroatoms. The van der Waals surface area contributed by atoms with Crippen molar-refractivity contribution >= 4 is 0 Å². The molecule has 0 aromatic carbocycles. The summed E-state index contributed by atoms with van der Waals surface area (Å²) in [6.45, 7) is 3.40. The molecule has 1 atom stereocenters. The Bertz CT molecular complexity index is 329. The van der Waals surface area contributed by atoms with Crippen molar-refractivity contribution in [3.05, 3.63) is 18.0 Å². The molecule has 0 aliphatic heterocycles. The summed E-state index contributed by atoms with van der Waals surface area (Å²) in [7, 11) is 1.51. The Morgan fingerprint density at radius 3 is 2.94 bits per heavy atom. The van der Waals surface area contributed by atoms with Crippen molar-refractivity contribution in [2.75, 3.05) is 20.3 Å². The molecule has 0 amide bonds. The first-order valence-corrected chi connectivity index (χ1v) is 6.07. The maximum Gasteiger partial charge on any atom is 0.162 e. The highest BCUT2D eigenvalue weighted by Gasteiger charge is 2.32. The highest BCUT2D eigenvalue weighted by atomic mass is 19.1. The molecule has 1 aromatic heterocycles. The van der Waals surface area contributed by atoms with Crippen LogP contribution < -0.4 is 5.73 Å². The van der Waals surface area contributed by atoms with E-state index in [4.69, 9.17) is 10.5 Å². The second kappa shape index (κ2) is 6.71. The summed E-state index contributed by atoms with van der Waals surface area (Å²) in [5.41, 5.74) is 4.55. The van der Waals surface area contributed by atoms with Gasteiger partial charge in [0.2, 0.25) is 0 Å². The van der Waals surface area contributed by atoms with Crippen LogP contribution in [0.5, 0.6) is 0 Å². The maximum absolute atomic E-state index is 14.7. The number of methoxy groups -OCH3 is 1. The Hall–Kier alpha value is -0.940. The van der Waals surface area contributed by atoms with Crippen LogP contribution in [-0.2, 0) is 17.0 Å². The number of aromatic nitrogens is 2. The third kappa shape index (κ3) is 3.78. The standard InChI is InChI=1S/C12H22FN3O/c1-3-7-16-9-11(8-15-16)12(13,10-17-2)5-4-6-14/h8-9H,3-7,10,14H2,1-2H3. The summed E-state index contributed by atoms with van der Waals surface area (Å²) in [5, 5.41) is 4.15. The van der Waals surface area contributed by atoms with Gasteiger partial charge in [-0.05, 0) is 25.8 Å². The van der Waals surface area contributed by atoms with Crippen LogP contribution in [0.2, 0.25) is 0 Å². The number of hydrogen-bond acceptors (Lipinski definition) is 3. The minimum atomic E-state index is -1.47. The molecule has 0 aliphatic rings. The van der Waals surface area contributed by atoms with E-state index in [0.29, 0.717) is 24.9 Å². The average molecular weight is 243 g/mol. The monoisotopic (exact) mass is 243 g/mol. The predicted molar refractivity (Wildman–Crippen MR) is 65.5 cm³/mol. The lowest BCUT2D eigenvalue weighted by Gasteiger charge is -2.23. The SMILES string of the molecule is CCCn1cc(C(F)(CCCN)COC)cn1. The summed E-state index contributed by atoms with van der Waals surface area (Å²) >= 11 is 0. The molecule has 0 radical (unpaired) electrons. The van der Waals surface area contributed by atoms with Crippen molar-refractivity contribution in [3.8, 4) is 0 Å². The highest BCUT2D eigenvalue weighted by molar-refractivity contribution is 5.15. The van der Waals surface area contributed by atoms with E-state index in [2.05, 4.69) is 12.0 Å². The zero-order valence-corrected chi connectivity index (χ0v) is 10.7. The summed E-state index contributed by atoms with van der Waals surface area (Å²) in [4.78, 5) is 0. The quantitative estimate of drug-likeness (QED) is 0.758. The minimum absolute atomic E-state index is 0.0464. The lowest BCUT2D eigenvalue weighted by molar-refractivity contribution is 0.0303. The lowest BCUT2D eigenvalue weighted by atomic mass is 9.94. The Balaban J connectivity index is 2.79. The fraction of sp³-hybridized carbons (Fsp3) is 0.750. The van der Waals surface area contributed by atoms with Gasteiger partial charge in [0.05, 0.1) is 12.8 Å². The number of ether oxygens (including phenoxy) is 1. The largest absolute Gasteiger partial charge is 0.381 e. The fourth-order valence-corrected chi connectivity index (χ4v) is 1.86. The molecule has 17 heavy (non-hydrogen) atoms. The van der Waals surface area contributed by atoms with Crippen LogP contribution in [0.1, 0.15) is 31.7 Å². The van der Waals surface area contributed by atoms with E-state index in [0.717, 1.165) is 13.0 Å². The van der Waals surface area contributed by atoms with Crippen molar-refractivity contribution < 1.29 is 9.13 Å². The molecular formula is C12H22FN3O. The van der Waals surface area contributed by atoms with Crippen molar-refractivity contribution in [2.45, 2.75) is 38.4 Å². The maximum atomic E-state index is 14.7. The smallest absolute Gasteiger partial charge is 0.162 e. The lowest BCUT2D eigenvalue weighted by Crippen LogP contribution is -2.26. The van der Waals surface area contributed by atoms with Gasteiger partial charge in [-0.3, -0.25) is 4.68 Å². The molecule has 1 heterocycles. The molecule has 1 aromatic rings. The Labute approximate surface area is 102 Å². The predicted octanol–water partition coefficient (Wildman–Crippen LogP) is 1.84. The summed E-state index contributed by atoms with van der Waals surface area (Å²) in [6.07, 6.45) is 5.34. The van der Waals surface area contributed by atoms with Crippen LogP contribution in [0.3, 0.4) is 0 Å². The zero-order valence-electron chi connectivity index (χ0n) is 10.7. The number of alkyl halides is 1. The molecule has 4 nitrogen and oxygen atoms in total. The van der Waals surface area contributed by atoms with Gasteiger partial charge in [0.1, 0.15) is 0 Å². The van der Waals surface area contributed by atoms with Gasteiger partial charge in [0.25, 0.3) is 0 Å². The number of hydrogen-bond donors (Lipinski definition) is 1. The van der Waals surface area contributed by atoms with E-state index in [1.54, 1.807) is 17.1 Å². The molecule has 0 spiro atoms. The topological polar surface area (TPSA) is 53.1 Å². The molecule has 2 N–H and O–H groups in total. The van der Waals surface area contributed by atoms with Crippen LogP contribution in [0.4, 0.5) is 4.39 Å². The van der Waals surface area contributed by atoms with Gasteiger partial charge < -0.3 is 10.5 Å². The molecule has 0 bridgehead atoms. The first kappa shape index (κ1) is 14.1. The van der Waals surface area contributed by atoms with Crippen LogP contribution in [0.15, 0.2) is 12.4 Å². The number of halogens is 1. The van der Waals surface area contributed by atoms with Crippen LogP contribution >= 0.6 is 0 Å². The van der Waals surface area contributed by atoms with E-state index >= 15 is 0 Å². The van der Waals surface area contributed by atoms with Gasteiger partial charge >= 0.3 is 0 Å². The fourth-order valence-electron chi connectivity index (χ4n) is 1.86.